The molecule has 0 aliphatic carbocycles. The number of carbonyl (C=O) groups excluding carboxylic acids is 1. The largest absolute Gasteiger partial charge is 0.365 e. The first-order valence-electron chi connectivity index (χ1n) is 8.93. The van der Waals surface area contributed by atoms with E-state index in [2.05, 4.69) is 17.2 Å². The van der Waals surface area contributed by atoms with Crippen LogP contribution in [0.15, 0.2) is 36.5 Å². The van der Waals surface area contributed by atoms with Gasteiger partial charge in [-0.1, -0.05) is 42.5 Å². The highest BCUT2D eigenvalue weighted by molar-refractivity contribution is 5.76. The average Bonchev–Trinajstić information content (AvgIpc) is 3.10. The van der Waals surface area contributed by atoms with Gasteiger partial charge in [-0.05, 0) is 25.3 Å². The van der Waals surface area contributed by atoms with E-state index in [4.69, 9.17) is 4.74 Å². The van der Waals surface area contributed by atoms with Gasteiger partial charge >= 0.3 is 0 Å². The number of carbonyl (C=O) groups is 1. The van der Waals surface area contributed by atoms with Crippen LogP contribution in [0.1, 0.15) is 56.5 Å². The third kappa shape index (κ3) is 3.90. The molecule has 0 saturated carbocycles. The van der Waals surface area contributed by atoms with Gasteiger partial charge in [-0.3, -0.25) is 4.79 Å². The van der Waals surface area contributed by atoms with Crippen molar-refractivity contribution in [2.24, 2.45) is 0 Å². The van der Waals surface area contributed by atoms with Crippen molar-refractivity contribution in [3.8, 4) is 0 Å². The first kappa shape index (κ1) is 17.6. The van der Waals surface area contributed by atoms with E-state index in [1.165, 1.54) is 0 Å². The molecule has 1 aromatic carbocycles. The van der Waals surface area contributed by atoms with Gasteiger partial charge in [0.05, 0.1) is 24.9 Å². The Hall–Kier alpha value is -2.21. The normalized spacial score (nSPS) is 25.3. The molecule has 1 amide bonds. The molecule has 3 atom stereocenters. The Kier molecular flexibility index (Phi) is 5.48. The van der Waals surface area contributed by atoms with Crippen LogP contribution in [0.3, 0.4) is 0 Å². The van der Waals surface area contributed by atoms with Crippen LogP contribution in [0.4, 0.5) is 0 Å². The first-order valence-corrected chi connectivity index (χ1v) is 8.93. The number of nitrogens with zero attached hydrogens (tertiary/aromatic N) is 4. The molecule has 0 radical (unpaired) electrons. The second kappa shape index (κ2) is 7.78. The van der Waals surface area contributed by atoms with Crippen molar-refractivity contribution in [2.75, 3.05) is 7.05 Å². The van der Waals surface area contributed by atoms with Crippen LogP contribution in [0.25, 0.3) is 0 Å². The standard InChI is InChI=1S/C19H26N4O2/c1-4-17-10-11-18(24)22(3)14(2)19(15-8-6-5-7-9-15)25-13-16-12-23(17)21-20-16/h5-9,12,14,17,19H,4,10-11,13H2,1-3H3/t14-,17?,19?/m0/s1. The number of amides is 1. The number of likely N-dealkylation sites (N-methyl/N-ethyl adjacent to an activating group) is 1. The Morgan fingerprint density at radius 3 is 2.76 bits per heavy atom. The van der Waals surface area contributed by atoms with E-state index in [0.29, 0.717) is 13.0 Å². The smallest absolute Gasteiger partial charge is 0.222 e. The number of rotatable bonds is 2. The van der Waals surface area contributed by atoms with Crippen LogP contribution in [0.5, 0.6) is 0 Å². The molecular weight excluding hydrogens is 316 g/mol. The van der Waals surface area contributed by atoms with E-state index < -0.39 is 0 Å². The number of hydrogen-bond acceptors (Lipinski definition) is 4. The molecule has 134 valence electrons. The highest BCUT2D eigenvalue weighted by atomic mass is 16.5. The first-order chi connectivity index (χ1) is 12.1. The maximum atomic E-state index is 12.7. The van der Waals surface area contributed by atoms with Crippen molar-refractivity contribution >= 4 is 5.91 Å². The van der Waals surface area contributed by atoms with Crippen LogP contribution in [0.2, 0.25) is 0 Å². The molecule has 3 rings (SSSR count). The zero-order valence-corrected chi connectivity index (χ0v) is 15.1. The second-order valence-electron chi connectivity index (χ2n) is 6.68. The number of aromatic nitrogens is 3. The molecule has 6 nitrogen and oxygen atoms in total. The van der Waals surface area contributed by atoms with Gasteiger partial charge in [0.1, 0.15) is 11.8 Å². The van der Waals surface area contributed by atoms with Crippen LogP contribution < -0.4 is 0 Å². The van der Waals surface area contributed by atoms with Gasteiger partial charge in [0.25, 0.3) is 0 Å². The predicted octanol–water partition coefficient (Wildman–Crippen LogP) is 3.13. The summed E-state index contributed by atoms with van der Waals surface area (Å²) in [4.78, 5) is 14.5. The van der Waals surface area contributed by atoms with Gasteiger partial charge in [-0.15, -0.1) is 5.10 Å². The highest BCUT2D eigenvalue weighted by Gasteiger charge is 2.28. The predicted molar refractivity (Wildman–Crippen MR) is 94.8 cm³/mol. The van der Waals surface area contributed by atoms with Crippen LogP contribution in [0, 0.1) is 0 Å². The summed E-state index contributed by atoms with van der Waals surface area (Å²) in [6.45, 7) is 4.52. The summed E-state index contributed by atoms with van der Waals surface area (Å²) in [5, 5.41) is 8.48. The molecule has 1 aliphatic heterocycles. The summed E-state index contributed by atoms with van der Waals surface area (Å²) >= 11 is 0. The van der Waals surface area contributed by atoms with Crippen LogP contribution in [-0.2, 0) is 16.1 Å². The lowest BCUT2D eigenvalue weighted by molar-refractivity contribution is -0.135. The van der Waals surface area contributed by atoms with E-state index in [0.717, 1.165) is 24.1 Å². The maximum Gasteiger partial charge on any atom is 0.222 e. The fourth-order valence-corrected chi connectivity index (χ4v) is 3.31. The summed E-state index contributed by atoms with van der Waals surface area (Å²) < 4.78 is 8.06. The molecule has 2 aromatic rings. The van der Waals surface area contributed by atoms with E-state index in [1.807, 2.05) is 60.1 Å². The van der Waals surface area contributed by atoms with Gasteiger partial charge < -0.3 is 9.64 Å². The molecular formula is C19H26N4O2. The van der Waals surface area contributed by atoms with Crippen LogP contribution >= 0.6 is 0 Å². The lowest BCUT2D eigenvalue weighted by Gasteiger charge is -2.33. The molecule has 6 heteroatoms. The minimum Gasteiger partial charge on any atom is -0.365 e. The summed E-state index contributed by atoms with van der Waals surface area (Å²) in [5.74, 6) is 0.136. The Bertz CT molecular complexity index is 700. The van der Waals surface area contributed by atoms with Gasteiger partial charge in [0, 0.05) is 13.5 Å². The van der Waals surface area contributed by atoms with Crippen molar-refractivity contribution in [2.45, 2.75) is 57.9 Å². The van der Waals surface area contributed by atoms with Gasteiger partial charge in [-0.25, -0.2) is 4.68 Å². The quantitative estimate of drug-likeness (QED) is 0.841. The molecule has 0 fully saturated rings. The molecule has 2 unspecified atom stereocenters. The lowest BCUT2D eigenvalue weighted by Crippen LogP contribution is -2.40. The van der Waals surface area contributed by atoms with Crippen molar-refractivity contribution in [1.29, 1.82) is 0 Å². The molecule has 0 N–H and O–H groups in total. The van der Waals surface area contributed by atoms with E-state index in [-0.39, 0.29) is 24.1 Å². The Balaban J connectivity index is 1.91. The summed E-state index contributed by atoms with van der Waals surface area (Å²) in [7, 11) is 1.86. The minimum absolute atomic E-state index is 0.0653. The molecule has 2 bridgehead atoms. The molecule has 1 aliphatic rings. The van der Waals surface area contributed by atoms with Crippen molar-refractivity contribution in [3.63, 3.8) is 0 Å². The number of fused-ring (bicyclic) bond motifs is 2. The Morgan fingerprint density at radius 2 is 2.04 bits per heavy atom. The zero-order chi connectivity index (χ0) is 17.8. The topological polar surface area (TPSA) is 60.2 Å². The summed E-state index contributed by atoms with van der Waals surface area (Å²) in [6, 6.07) is 10.2. The summed E-state index contributed by atoms with van der Waals surface area (Å²) in [5.41, 5.74) is 1.88. The number of hydrogen-bond donors (Lipinski definition) is 0. The van der Waals surface area contributed by atoms with Crippen molar-refractivity contribution in [3.05, 3.63) is 47.8 Å². The summed E-state index contributed by atoms with van der Waals surface area (Å²) in [6.07, 6.45) is 3.92. The van der Waals surface area contributed by atoms with Crippen LogP contribution in [-0.4, -0.2) is 38.9 Å². The lowest BCUT2D eigenvalue weighted by atomic mass is 10.0. The molecule has 0 spiro atoms. The fourth-order valence-electron chi connectivity index (χ4n) is 3.31. The van der Waals surface area contributed by atoms with E-state index in [1.54, 1.807) is 0 Å². The van der Waals surface area contributed by atoms with Gasteiger partial charge in [0.2, 0.25) is 5.91 Å². The molecule has 2 heterocycles. The zero-order valence-electron chi connectivity index (χ0n) is 15.1. The Labute approximate surface area is 148 Å². The van der Waals surface area contributed by atoms with Gasteiger partial charge in [0.15, 0.2) is 0 Å². The highest BCUT2D eigenvalue weighted by Crippen LogP contribution is 2.27. The number of ether oxygens (including phenoxy) is 1. The average molecular weight is 342 g/mol. The maximum absolute atomic E-state index is 12.7. The Morgan fingerprint density at radius 1 is 1.28 bits per heavy atom. The van der Waals surface area contributed by atoms with Crippen molar-refractivity contribution < 1.29 is 9.53 Å². The minimum atomic E-state index is -0.207. The monoisotopic (exact) mass is 342 g/mol. The van der Waals surface area contributed by atoms with Crippen molar-refractivity contribution in [1.82, 2.24) is 19.9 Å². The number of benzene rings is 1. The molecule has 1 aromatic heterocycles. The molecule has 25 heavy (non-hydrogen) atoms. The second-order valence-corrected chi connectivity index (χ2v) is 6.68. The third-order valence-electron chi connectivity index (χ3n) is 5.08. The van der Waals surface area contributed by atoms with E-state index >= 15 is 0 Å². The van der Waals surface area contributed by atoms with Gasteiger partial charge in [-0.2, -0.15) is 0 Å². The SMILES string of the molecule is CCC1CCC(=O)N(C)[C@@H](C)C(c2ccccc2)OCc2cn1nn2. The van der Waals surface area contributed by atoms with E-state index in [9.17, 15) is 4.79 Å². The third-order valence-corrected chi connectivity index (χ3v) is 5.08. The fraction of sp³-hybridized carbons (Fsp3) is 0.526. The molecule has 0 saturated heterocycles.